The van der Waals surface area contributed by atoms with Crippen molar-refractivity contribution in [3.63, 3.8) is 0 Å². The van der Waals surface area contributed by atoms with E-state index in [9.17, 15) is 9.59 Å². The molecule has 0 atom stereocenters. The molecule has 1 aromatic carbocycles. The Morgan fingerprint density at radius 1 is 1.19 bits per heavy atom. The van der Waals surface area contributed by atoms with Gasteiger partial charge in [0.1, 0.15) is 0 Å². The van der Waals surface area contributed by atoms with Crippen LogP contribution in [0.1, 0.15) is 16.1 Å². The minimum Gasteiger partial charge on any atom is -0.481 e. The molecule has 2 rings (SSSR count). The van der Waals surface area contributed by atoms with Gasteiger partial charge >= 0.3 is 5.97 Å². The summed E-state index contributed by atoms with van der Waals surface area (Å²) in [5.74, 6) is -1.22. The fraction of sp³-hybridized carbons (Fsp3) is 0.0714. The second kappa shape index (κ2) is 6.82. The first-order valence-electron chi connectivity index (χ1n) is 5.89. The zero-order valence-electron chi connectivity index (χ0n) is 10.6. The van der Waals surface area contributed by atoms with Crippen LogP contribution in [0.2, 0.25) is 0 Å². The van der Waals surface area contributed by atoms with E-state index in [0.717, 1.165) is 4.47 Å². The third-order valence-corrected chi connectivity index (χ3v) is 3.74. The molecule has 1 heterocycles. The van der Waals surface area contributed by atoms with Crippen molar-refractivity contribution in [2.75, 3.05) is 5.32 Å². The number of benzene rings is 1. The van der Waals surface area contributed by atoms with E-state index in [1.54, 1.807) is 30.3 Å². The third kappa shape index (κ3) is 4.37. The van der Waals surface area contributed by atoms with Crippen LogP contribution in [-0.4, -0.2) is 22.0 Å². The van der Waals surface area contributed by atoms with Crippen LogP contribution in [0, 0.1) is 0 Å². The highest BCUT2D eigenvalue weighted by Crippen LogP contribution is 2.22. The van der Waals surface area contributed by atoms with Gasteiger partial charge in [-0.3, -0.25) is 14.6 Å². The Morgan fingerprint density at radius 3 is 2.52 bits per heavy atom. The normalized spacial score (nSPS) is 10.2. The number of carbonyl (C=O) groups is 2. The van der Waals surface area contributed by atoms with Crippen LogP contribution in [0.25, 0.3) is 0 Å². The molecule has 7 heteroatoms. The molecule has 2 N–H and O–H groups in total. The number of pyridine rings is 1. The molecule has 2 aromatic rings. The fourth-order valence-corrected chi connectivity index (χ4v) is 2.86. The van der Waals surface area contributed by atoms with Crippen molar-refractivity contribution in [1.29, 1.82) is 0 Å². The second-order valence-corrected chi connectivity index (χ2v) is 5.96. The number of aromatic nitrogens is 1. The van der Waals surface area contributed by atoms with Crippen molar-refractivity contribution in [1.82, 2.24) is 4.98 Å². The Kier molecular flexibility index (Phi) is 5.08. The Balaban J connectivity index is 2.10. The average Bonchev–Trinajstić information content (AvgIpc) is 2.40. The second-order valence-electron chi connectivity index (χ2n) is 4.19. The number of amides is 1. The Morgan fingerprint density at radius 2 is 1.95 bits per heavy atom. The number of hydrogen-bond donors (Lipinski definition) is 2. The first-order chi connectivity index (χ1) is 9.95. The molecule has 21 heavy (non-hydrogen) atoms. The lowest BCUT2D eigenvalue weighted by molar-refractivity contribution is -0.136. The summed E-state index contributed by atoms with van der Waals surface area (Å²) in [7, 11) is 0. The molecule has 1 aromatic heterocycles. The molecule has 0 saturated carbocycles. The summed E-state index contributed by atoms with van der Waals surface area (Å²) in [6, 6.07) is 8.43. The van der Waals surface area contributed by atoms with Gasteiger partial charge in [0.25, 0.3) is 5.91 Å². The topological polar surface area (TPSA) is 79.3 Å². The number of halogens is 2. The first-order valence-corrected chi connectivity index (χ1v) is 7.47. The summed E-state index contributed by atoms with van der Waals surface area (Å²) in [6.07, 6.45) is 1.29. The van der Waals surface area contributed by atoms with Gasteiger partial charge < -0.3 is 10.4 Å². The van der Waals surface area contributed by atoms with Gasteiger partial charge in [-0.1, -0.05) is 15.9 Å². The lowest BCUT2D eigenvalue weighted by Crippen LogP contribution is -2.13. The maximum Gasteiger partial charge on any atom is 0.309 e. The summed E-state index contributed by atoms with van der Waals surface area (Å²) in [5.41, 5.74) is 1.43. The summed E-state index contributed by atoms with van der Waals surface area (Å²) in [5, 5.41) is 11.4. The van der Waals surface area contributed by atoms with Gasteiger partial charge in [-0.25, -0.2) is 0 Å². The van der Waals surface area contributed by atoms with E-state index in [0.29, 0.717) is 21.4 Å². The van der Waals surface area contributed by atoms with Crippen molar-refractivity contribution in [2.45, 2.75) is 6.42 Å². The molecule has 1 amide bonds. The largest absolute Gasteiger partial charge is 0.481 e. The monoisotopic (exact) mass is 412 g/mol. The van der Waals surface area contributed by atoms with Crippen LogP contribution in [0.3, 0.4) is 0 Å². The first kappa shape index (κ1) is 15.7. The Bertz CT molecular complexity index is 687. The zero-order chi connectivity index (χ0) is 15.4. The summed E-state index contributed by atoms with van der Waals surface area (Å²) in [6.45, 7) is 0. The van der Waals surface area contributed by atoms with Crippen LogP contribution in [0.4, 0.5) is 5.69 Å². The van der Waals surface area contributed by atoms with Crippen molar-refractivity contribution in [3.05, 3.63) is 56.7 Å². The highest BCUT2D eigenvalue weighted by atomic mass is 79.9. The Labute approximate surface area is 137 Å². The summed E-state index contributed by atoms with van der Waals surface area (Å²) in [4.78, 5) is 26.7. The number of carboxylic acids is 1. The molecular weight excluding hydrogens is 404 g/mol. The van der Waals surface area contributed by atoms with E-state index < -0.39 is 5.97 Å². The minimum absolute atomic E-state index is 0.146. The van der Waals surface area contributed by atoms with Crippen LogP contribution in [0.5, 0.6) is 0 Å². The smallest absolute Gasteiger partial charge is 0.309 e. The predicted octanol–water partition coefficient (Wildman–Crippen LogP) is 3.49. The van der Waals surface area contributed by atoms with E-state index in [-0.39, 0.29) is 12.3 Å². The number of carboxylic acid groups (broad SMARTS) is 1. The SMILES string of the molecule is O=C(O)Cc1ccc(NC(=O)c2ccc(Br)cc2Br)cn1. The van der Waals surface area contributed by atoms with Gasteiger partial charge in [0.15, 0.2) is 0 Å². The molecule has 0 aliphatic heterocycles. The molecule has 0 spiro atoms. The van der Waals surface area contributed by atoms with Gasteiger partial charge in [-0.05, 0) is 46.3 Å². The molecule has 0 unspecified atom stereocenters. The number of nitrogens with zero attached hydrogens (tertiary/aromatic N) is 1. The predicted molar refractivity (Wildman–Crippen MR) is 85.4 cm³/mol. The summed E-state index contributed by atoms with van der Waals surface area (Å²) < 4.78 is 1.54. The van der Waals surface area contributed by atoms with E-state index >= 15 is 0 Å². The van der Waals surface area contributed by atoms with E-state index in [1.807, 2.05) is 0 Å². The van der Waals surface area contributed by atoms with Crippen molar-refractivity contribution in [3.8, 4) is 0 Å². The number of carbonyl (C=O) groups excluding carboxylic acids is 1. The number of hydrogen-bond acceptors (Lipinski definition) is 3. The van der Waals surface area contributed by atoms with E-state index in [4.69, 9.17) is 5.11 Å². The number of rotatable bonds is 4. The zero-order valence-corrected chi connectivity index (χ0v) is 13.8. The standard InChI is InChI=1S/C14H10Br2N2O3/c15-8-1-4-11(12(16)5-8)14(21)18-10-3-2-9(17-7-10)6-13(19)20/h1-5,7H,6H2,(H,18,21)(H,19,20). The molecule has 0 bridgehead atoms. The molecule has 0 radical (unpaired) electrons. The van der Waals surface area contributed by atoms with Gasteiger partial charge in [0, 0.05) is 8.95 Å². The van der Waals surface area contributed by atoms with Gasteiger partial charge in [-0.2, -0.15) is 0 Å². The number of aliphatic carboxylic acids is 1. The Hall–Kier alpha value is -1.73. The minimum atomic E-state index is -0.946. The van der Waals surface area contributed by atoms with Crippen LogP contribution in [-0.2, 0) is 11.2 Å². The summed E-state index contributed by atoms with van der Waals surface area (Å²) >= 11 is 6.65. The number of nitrogens with one attached hydrogen (secondary N) is 1. The van der Waals surface area contributed by atoms with E-state index in [1.165, 1.54) is 6.20 Å². The van der Waals surface area contributed by atoms with Gasteiger partial charge in [-0.15, -0.1) is 0 Å². The maximum absolute atomic E-state index is 12.1. The molecule has 5 nitrogen and oxygen atoms in total. The highest BCUT2D eigenvalue weighted by molar-refractivity contribution is 9.11. The van der Waals surface area contributed by atoms with Crippen LogP contribution < -0.4 is 5.32 Å². The fourth-order valence-electron chi connectivity index (χ4n) is 1.63. The molecule has 0 fully saturated rings. The maximum atomic E-state index is 12.1. The molecule has 0 aliphatic rings. The van der Waals surface area contributed by atoms with Gasteiger partial charge in [0.2, 0.25) is 0 Å². The lowest BCUT2D eigenvalue weighted by Gasteiger charge is -2.07. The van der Waals surface area contributed by atoms with Crippen LogP contribution in [0.15, 0.2) is 45.5 Å². The molecule has 0 aliphatic carbocycles. The van der Waals surface area contributed by atoms with Crippen LogP contribution >= 0.6 is 31.9 Å². The van der Waals surface area contributed by atoms with Crippen molar-refractivity contribution >= 4 is 49.4 Å². The molecule has 108 valence electrons. The van der Waals surface area contributed by atoms with Crippen molar-refractivity contribution in [2.24, 2.45) is 0 Å². The lowest BCUT2D eigenvalue weighted by atomic mass is 10.2. The highest BCUT2D eigenvalue weighted by Gasteiger charge is 2.11. The number of anilines is 1. The quantitative estimate of drug-likeness (QED) is 0.803. The average molecular weight is 414 g/mol. The molecular formula is C14H10Br2N2O3. The van der Waals surface area contributed by atoms with Crippen molar-refractivity contribution < 1.29 is 14.7 Å². The molecule has 0 saturated heterocycles. The van der Waals surface area contributed by atoms with Gasteiger partial charge in [0.05, 0.1) is 29.6 Å². The third-order valence-electron chi connectivity index (χ3n) is 2.59. The van der Waals surface area contributed by atoms with E-state index in [2.05, 4.69) is 42.2 Å².